The SMILES string of the molecule is CC[C@H](C)[C@H](NC(=O)[C@H](C)N)C(=O)N1CCC[C@H]1C(=O)N[C@@H](C)C(=O)N[C@@H](C)C(=O)O. The number of aliphatic carboxylic acids is 1. The number of carboxylic acid groups (broad SMARTS) is 1. The molecule has 6 N–H and O–H groups in total. The maximum absolute atomic E-state index is 13.2. The van der Waals surface area contributed by atoms with Crippen molar-refractivity contribution in [2.45, 2.75) is 84.1 Å². The number of nitrogens with one attached hydrogen (secondary N) is 3. The minimum atomic E-state index is -1.19. The lowest BCUT2D eigenvalue weighted by Crippen LogP contribution is -2.58. The van der Waals surface area contributed by atoms with Crippen LogP contribution in [0.2, 0.25) is 0 Å². The van der Waals surface area contributed by atoms with Gasteiger partial charge in [-0.3, -0.25) is 24.0 Å². The van der Waals surface area contributed by atoms with Crippen molar-refractivity contribution in [3.05, 3.63) is 0 Å². The largest absolute Gasteiger partial charge is 0.480 e. The Kier molecular flexibility index (Phi) is 9.89. The van der Waals surface area contributed by atoms with Crippen LogP contribution in [-0.4, -0.2) is 76.4 Å². The fraction of sp³-hybridized carbons (Fsp3) is 0.750. The summed E-state index contributed by atoms with van der Waals surface area (Å²) in [4.78, 5) is 62.5. The van der Waals surface area contributed by atoms with Crippen LogP contribution >= 0.6 is 0 Å². The second-order valence-electron chi connectivity index (χ2n) is 8.15. The molecule has 1 rings (SSSR count). The third-order valence-corrected chi connectivity index (χ3v) is 5.51. The molecular weight excluding hydrogens is 406 g/mol. The van der Waals surface area contributed by atoms with E-state index in [9.17, 15) is 24.0 Å². The molecule has 6 atom stereocenters. The number of hydrogen-bond acceptors (Lipinski definition) is 6. The second-order valence-corrected chi connectivity index (χ2v) is 8.15. The number of likely N-dealkylation sites (tertiary alicyclic amines) is 1. The van der Waals surface area contributed by atoms with E-state index in [1.54, 1.807) is 0 Å². The van der Waals surface area contributed by atoms with Crippen molar-refractivity contribution < 1.29 is 29.1 Å². The van der Waals surface area contributed by atoms with E-state index in [0.29, 0.717) is 25.8 Å². The van der Waals surface area contributed by atoms with E-state index in [0.717, 1.165) is 0 Å². The second kappa shape index (κ2) is 11.6. The van der Waals surface area contributed by atoms with Gasteiger partial charge in [0.15, 0.2) is 0 Å². The predicted molar refractivity (Wildman–Crippen MR) is 113 cm³/mol. The van der Waals surface area contributed by atoms with Gasteiger partial charge in [-0.05, 0) is 39.5 Å². The van der Waals surface area contributed by atoms with Gasteiger partial charge in [-0.1, -0.05) is 20.3 Å². The van der Waals surface area contributed by atoms with Crippen LogP contribution in [0.3, 0.4) is 0 Å². The van der Waals surface area contributed by atoms with E-state index < -0.39 is 53.9 Å². The molecule has 0 aromatic carbocycles. The molecule has 0 unspecified atom stereocenters. The van der Waals surface area contributed by atoms with Crippen LogP contribution in [0.1, 0.15) is 53.9 Å². The maximum Gasteiger partial charge on any atom is 0.325 e. The van der Waals surface area contributed by atoms with Crippen LogP contribution in [0.4, 0.5) is 0 Å². The lowest BCUT2D eigenvalue weighted by Gasteiger charge is -2.32. The van der Waals surface area contributed by atoms with Gasteiger partial charge >= 0.3 is 5.97 Å². The van der Waals surface area contributed by atoms with Crippen molar-refractivity contribution in [1.82, 2.24) is 20.9 Å². The Bertz CT molecular complexity index is 698. The van der Waals surface area contributed by atoms with Crippen molar-refractivity contribution in [2.75, 3.05) is 6.54 Å². The Morgan fingerprint density at radius 2 is 1.61 bits per heavy atom. The zero-order valence-electron chi connectivity index (χ0n) is 18.8. The smallest absolute Gasteiger partial charge is 0.325 e. The number of amides is 4. The number of nitrogens with two attached hydrogens (primary N) is 1. The first kappa shape index (κ1) is 26.3. The highest BCUT2D eigenvalue weighted by atomic mass is 16.4. The predicted octanol–water partition coefficient (Wildman–Crippen LogP) is -1.05. The van der Waals surface area contributed by atoms with Crippen LogP contribution in [-0.2, 0) is 24.0 Å². The van der Waals surface area contributed by atoms with Gasteiger partial charge in [0.2, 0.25) is 23.6 Å². The van der Waals surface area contributed by atoms with E-state index >= 15 is 0 Å². The Morgan fingerprint density at radius 3 is 2.13 bits per heavy atom. The Morgan fingerprint density at radius 1 is 1.00 bits per heavy atom. The first-order valence-electron chi connectivity index (χ1n) is 10.6. The van der Waals surface area contributed by atoms with Crippen molar-refractivity contribution in [2.24, 2.45) is 11.7 Å². The Hall–Kier alpha value is -2.69. The third kappa shape index (κ3) is 7.20. The molecule has 1 heterocycles. The van der Waals surface area contributed by atoms with Crippen molar-refractivity contribution in [3.63, 3.8) is 0 Å². The topological polar surface area (TPSA) is 171 Å². The van der Waals surface area contributed by atoms with E-state index in [1.165, 1.54) is 25.7 Å². The summed E-state index contributed by atoms with van der Waals surface area (Å²) in [5.74, 6) is -3.31. The summed E-state index contributed by atoms with van der Waals surface area (Å²) in [6.07, 6.45) is 1.67. The summed E-state index contributed by atoms with van der Waals surface area (Å²) in [6, 6.07) is -4.44. The molecule has 0 aromatic heterocycles. The summed E-state index contributed by atoms with van der Waals surface area (Å²) in [5, 5.41) is 16.4. The summed E-state index contributed by atoms with van der Waals surface area (Å²) >= 11 is 0. The lowest BCUT2D eigenvalue weighted by atomic mass is 9.97. The molecule has 1 saturated heterocycles. The number of carboxylic acids is 1. The maximum atomic E-state index is 13.2. The van der Waals surface area contributed by atoms with Gasteiger partial charge < -0.3 is 31.7 Å². The number of nitrogens with zero attached hydrogens (tertiary/aromatic N) is 1. The summed E-state index contributed by atoms with van der Waals surface area (Å²) in [5.41, 5.74) is 5.62. The van der Waals surface area contributed by atoms with Gasteiger partial charge in [-0.15, -0.1) is 0 Å². The van der Waals surface area contributed by atoms with Crippen LogP contribution in [0.25, 0.3) is 0 Å². The highest BCUT2D eigenvalue weighted by Crippen LogP contribution is 2.21. The molecule has 31 heavy (non-hydrogen) atoms. The van der Waals surface area contributed by atoms with Gasteiger partial charge in [-0.25, -0.2) is 0 Å². The molecule has 0 aliphatic carbocycles. The number of carbonyl (C=O) groups excluding carboxylic acids is 4. The molecule has 1 aliphatic rings. The molecular formula is C20H35N5O6. The normalized spacial score (nSPS) is 20.7. The molecule has 0 bridgehead atoms. The molecule has 176 valence electrons. The Labute approximate surface area is 182 Å². The molecule has 0 radical (unpaired) electrons. The molecule has 11 nitrogen and oxygen atoms in total. The highest BCUT2D eigenvalue weighted by Gasteiger charge is 2.40. The molecule has 0 aromatic rings. The lowest BCUT2D eigenvalue weighted by molar-refractivity contribution is -0.143. The Balaban J connectivity index is 2.87. The molecule has 1 aliphatic heterocycles. The zero-order chi connectivity index (χ0) is 23.9. The van der Waals surface area contributed by atoms with Gasteiger partial charge in [0, 0.05) is 6.54 Å². The summed E-state index contributed by atoms with van der Waals surface area (Å²) in [7, 11) is 0. The first-order chi connectivity index (χ1) is 14.4. The van der Waals surface area contributed by atoms with Gasteiger partial charge in [0.25, 0.3) is 0 Å². The van der Waals surface area contributed by atoms with Gasteiger partial charge in [0.1, 0.15) is 24.2 Å². The quantitative estimate of drug-likeness (QED) is 0.288. The average Bonchev–Trinajstić information content (AvgIpc) is 3.20. The van der Waals surface area contributed by atoms with Crippen molar-refractivity contribution in [1.29, 1.82) is 0 Å². The van der Waals surface area contributed by atoms with Crippen molar-refractivity contribution >= 4 is 29.6 Å². The van der Waals surface area contributed by atoms with E-state index in [4.69, 9.17) is 10.8 Å². The van der Waals surface area contributed by atoms with E-state index in [2.05, 4.69) is 16.0 Å². The summed E-state index contributed by atoms with van der Waals surface area (Å²) in [6.45, 7) is 8.37. The van der Waals surface area contributed by atoms with E-state index in [1.807, 2.05) is 13.8 Å². The number of carbonyl (C=O) groups is 5. The fourth-order valence-corrected chi connectivity index (χ4v) is 3.22. The van der Waals surface area contributed by atoms with Gasteiger partial charge in [-0.2, -0.15) is 0 Å². The molecule has 11 heteroatoms. The standard InChI is InChI=1S/C20H35N5O6/c1-6-10(2)15(24-16(26)11(3)21)19(29)25-9-7-8-14(25)18(28)22-12(4)17(27)23-13(5)20(30)31/h10-15H,6-9,21H2,1-5H3,(H,22,28)(H,23,27)(H,24,26)(H,30,31)/t10-,11-,12-,13-,14-,15-/m0/s1. The summed E-state index contributed by atoms with van der Waals surface area (Å²) < 4.78 is 0. The number of rotatable bonds is 10. The minimum absolute atomic E-state index is 0.165. The molecule has 0 spiro atoms. The third-order valence-electron chi connectivity index (χ3n) is 5.51. The zero-order valence-corrected chi connectivity index (χ0v) is 18.8. The average molecular weight is 442 g/mol. The molecule has 1 fully saturated rings. The van der Waals surface area contributed by atoms with E-state index in [-0.39, 0.29) is 11.8 Å². The molecule has 4 amide bonds. The minimum Gasteiger partial charge on any atom is -0.480 e. The van der Waals surface area contributed by atoms with Crippen molar-refractivity contribution in [3.8, 4) is 0 Å². The number of hydrogen-bond donors (Lipinski definition) is 5. The van der Waals surface area contributed by atoms with Crippen LogP contribution < -0.4 is 21.7 Å². The van der Waals surface area contributed by atoms with Crippen LogP contribution in [0, 0.1) is 5.92 Å². The molecule has 0 saturated carbocycles. The monoisotopic (exact) mass is 441 g/mol. The van der Waals surface area contributed by atoms with Crippen LogP contribution in [0.5, 0.6) is 0 Å². The first-order valence-corrected chi connectivity index (χ1v) is 10.6. The van der Waals surface area contributed by atoms with Crippen LogP contribution in [0.15, 0.2) is 0 Å². The highest BCUT2D eigenvalue weighted by molar-refractivity contribution is 5.95. The van der Waals surface area contributed by atoms with Gasteiger partial charge in [0.05, 0.1) is 6.04 Å². The fourth-order valence-electron chi connectivity index (χ4n) is 3.22.